The first kappa shape index (κ1) is 19.9. The van der Waals surface area contributed by atoms with E-state index in [1.807, 2.05) is 0 Å². The van der Waals surface area contributed by atoms with Gasteiger partial charge < -0.3 is 10.5 Å². The number of nitrogens with two attached hydrogens (primary N) is 1. The molecule has 0 bridgehead atoms. The molecule has 2 aliphatic heterocycles. The number of likely N-dealkylation sites (tertiary alicyclic amines) is 2. The summed E-state index contributed by atoms with van der Waals surface area (Å²) in [6.07, 6.45) is 0. The van der Waals surface area contributed by atoms with Crippen LogP contribution >= 0.6 is 11.3 Å². The van der Waals surface area contributed by atoms with Crippen LogP contribution in [0.4, 0.5) is 5.00 Å². The highest BCUT2D eigenvalue weighted by atomic mass is 32.1. The molecule has 29 heavy (non-hydrogen) atoms. The average Bonchev–Trinajstić information content (AvgIpc) is 3.32. The lowest BCUT2D eigenvalue weighted by Gasteiger charge is -2.27. The number of thiophene rings is 1. The van der Waals surface area contributed by atoms with Crippen LogP contribution in [-0.2, 0) is 11.3 Å². The molecular formula is C22H26N4O2S. The molecule has 0 saturated carbocycles. The number of carbonyl (C=O) groups is 1. The lowest BCUT2D eigenvalue weighted by molar-refractivity contribution is 0.0530. The smallest absolute Gasteiger partial charge is 0.348 e. The third kappa shape index (κ3) is 3.64. The number of nitriles is 1. The maximum absolute atomic E-state index is 12.4. The molecule has 2 fully saturated rings. The van der Waals surface area contributed by atoms with Crippen molar-refractivity contribution in [1.29, 1.82) is 5.26 Å². The van der Waals surface area contributed by atoms with Gasteiger partial charge in [0.1, 0.15) is 15.9 Å². The molecule has 4 rings (SSSR count). The maximum Gasteiger partial charge on any atom is 0.348 e. The van der Waals surface area contributed by atoms with Crippen LogP contribution in [0.25, 0.3) is 0 Å². The van der Waals surface area contributed by atoms with Crippen LogP contribution in [-0.4, -0.2) is 49.1 Å². The maximum atomic E-state index is 12.4. The highest BCUT2D eigenvalue weighted by molar-refractivity contribution is 7.18. The quantitative estimate of drug-likeness (QED) is 0.763. The second kappa shape index (κ2) is 8.15. The Balaban J connectivity index is 1.56. The Hall–Kier alpha value is -2.40. The van der Waals surface area contributed by atoms with E-state index in [1.54, 1.807) is 6.92 Å². The van der Waals surface area contributed by atoms with Gasteiger partial charge in [-0.3, -0.25) is 9.80 Å². The van der Waals surface area contributed by atoms with E-state index in [9.17, 15) is 10.1 Å². The molecule has 2 aromatic rings. The van der Waals surface area contributed by atoms with E-state index in [0.717, 1.165) is 36.5 Å². The van der Waals surface area contributed by atoms with Crippen LogP contribution in [0, 0.1) is 23.2 Å². The van der Waals surface area contributed by atoms with Crippen molar-refractivity contribution < 1.29 is 9.53 Å². The van der Waals surface area contributed by atoms with E-state index >= 15 is 0 Å². The molecule has 1 aromatic carbocycles. The summed E-state index contributed by atoms with van der Waals surface area (Å²) in [4.78, 5) is 17.7. The summed E-state index contributed by atoms with van der Waals surface area (Å²) in [5.74, 6) is 0.731. The highest BCUT2D eigenvalue weighted by Gasteiger charge is 2.46. The molecule has 3 atom stereocenters. The van der Waals surface area contributed by atoms with Gasteiger partial charge in [0.05, 0.1) is 12.2 Å². The average molecular weight is 411 g/mol. The minimum Gasteiger partial charge on any atom is -0.462 e. The van der Waals surface area contributed by atoms with E-state index < -0.39 is 0 Å². The molecule has 2 aliphatic rings. The van der Waals surface area contributed by atoms with Gasteiger partial charge in [0, 0.05) is 37.8 Å². The van der Waals surface area contributed by atoms with Gasteiger partial charge in [0.15, 0.2) is 0 Å². The first-order chi connectivity index (χ1) is 14.0. The lowest BCUT2D eigenvalue weighted by Crippen LogP contribution is -2.29. The van der Waals surface area contributed by atoms with Gasteiger partial charge in [-0.1, -0.05) is 30.3 Å². The Morgan fingerprint density at radius 3 is 2.76 bits per heavy atom. The SMILES string of the molecule is CCOC(=O)c1sc(N)c(C#N)c1CN1CC2CN(C)C(c3ccccc3)C2C1. The number of anilines is 1. The summed E-state index contributed by atoms with van der Waals surface area (Å²) in [5, 5.41) is 9.98. The van der Waals surface area contributed by atoms with Crippen LogP contribution < -0.4 is 5.73 Å². The minimum atomic E-state index is -0.387. The third-order valence-corrected chi connectivity index (χ3v) is 7.14. The molecule has 0 spiro atoms. The number of hydrogen-bond acceptors (Lipinski definition) is 7. The standard InChI is InChI=1S/C22H26N4O2S/c1-3-28-22(27)20-18(16(9-23)21(24)29-20)13-26-11-15-10-25(2)19(17(15)12-26)14-7-5-4-6-8-14/h4-8,15,17,19H,3,10-13,24H2,1-2H3. The van der Waals surface area contributed by atoms with E-state index in [2.05, 4.69) is 53.2 Å². The Kier molecular flexibility index (Phi) is 5.59. The molecule has 0 aliphatic carbocycles. The van der Waals surface area contributed by atoms with E-state index in [0.29, 0.717) is 46.5 Å². The van der Waals surface area contributed by atoms with E-state index in [4.69, 9.17) is 10.5 Å². The summed E-state index contributed by atoms with van der Waals surface area (Å²) in [6.45, 7) is 5.60. The van der Waals surface area contributed by atoms with Crippen molar-refractivity contribution >= 4 is 22.3 Å². The molecule has 2 saturated heterocycles. The molecular weight excluding hydrogens is 384 g/mol. The second-order valence-electron chi connectivity index (χ2n) is 7.89. The van der Waals surface area contributed by atoms with Gasteiger partial charge in [0.25, 0.3) is 0 Å². The first-order valence-electron chi connectivity index (χ1n) is 9.99. The van der Waals surface area contributed by atoms with Gasteiger partial charge in [-0.25, -0.2) is 4.79 Å². The van der Waals surface area contributed by atoms with Gasteiger partial charge in [-0.2, -0.15) is 5.26 Å². The Labute approximate surface area is 175 Å². The van der Waals surface area contributed by atoms with Crippen LogP contribution in [0.2, 0.25) is 0 Å². The van der Waals surface area contributed by atoms with Crippen molar-refractivity contribution in [2.24, 2.45) is 11.8 Å². The monoisotopic (exact) mass is 410 g/mol. The van der Waals surface area contributed by atoms with Gasteiger partial charge in [-0.05, 0) is 31.4 Å². The second-order valence-corrected chi connectivity index (χ2v) is 8.95. The van der Waals surface area contributed by atoms with Crippen molar-refractivity contribution in [2.75, 3.05) is 39.0 Å². The number of ether oxygens (including phenoxy) is 1. The number of carbonyl (C=O) groups excluding carboxylic acids is 1. The zero-order chi connectivity index (χ0) is 20.5. The Bertz CT molecular complexity index is 936. The van der Waals surface area contributed by atoms with Crippen molar-refractivity contribution in [1.82, 2.24) is 9.80 Å². The summed E-state index contributed by atoms with van der Waals surface area (Å²) < 4.78 is 5.19. The van der Waals surface area contributed by atoms with Crippen LogP contribution in [0.5, 0.6) is 0 Å². The predicted molar refractivity (Wildman–Crippen MR) is 113 cm³/mol. The molecule has 3 heterocycles. The first-order valence-corrected chi connectivity index (χ1v) is 10.8. The molecule has 0 radical (unpaired) electrons. The van der Waals surface area contributed by atoms with Crippen molar-refractivity contribution in [2.45, 2.75) is 19.5 Å². The molecule has 2 N–H and O–H groups in total. The van der Waals surface area contributed by atoms with Crippen LogP contribution in [0.3, 0.4) is 0 Å². The fourth-order valence-electron chi connectivity index (χ4n) is 4.97. The number of fused-ring (bicyclic) bond motifs is 1. The fraction of sp³-hybridized carbons (Fsp3) is 0.455. The fourth-order valence-corrected chi connectivity index (χ4v) is 5.90. The Morgan fingerprint density at radius 2 is 2.07 bits per heavy atom. The zero-order valence-corrected chi connectivity index (χ0v) is 17.6. The number of rotatable bonds is 5. The molecule has 0 amide bonds. The largest absolute Gasteiger partial charge is 0.462 e. The summed E-state index contributed by atoms with van der Waals surface area (Å²) in [7, 11) is 2.20. The number of nitrogen functional groups attached to an aromatic ring is 1. The van der Waals surface area contributed by atoms with Crippen LogP contribution in [0.1, 0.15) is 39.3 Å². The highest BCUT2D eigenvalue weighted by Crippen LogP contribution is 2.45. The predicted octanol–water partition coefficient (Wildman–Crippen LogP) is 3.11. The number of nitrogens with zero attached hydrogens (tertiary/aromatic N) is 3. The molecule has 152 valence electrons. The zero-order valence-electron chi connectivity index (χ0n) is 16.8. The molecule has 1 aromatic heterocycles. The van der Waals surface area contributed by atoms with E-state index in [1.165, 1.54) is 5.56 Å². The molecule has 7 heteroatoms. The van der Waals surface area contributed by atoms with Gasteiger partial charge in [0.2, 0.25) is 0 Å². The number of benzene rings is 1. The normalized spacial score (nSPS) is 24.4. The van der Waals surface area contributed by atoms with E-state index in [-0.39, 0.29) is 5.97 Å². The number of esters is 1. The van der Waals surface area contributed by atoms with Gasteiger partial charge >= 0.3 is 5.97 Å². The lowest BCUT2D eigenvalue weighted by atomic mass is 9.90. The summed E-state index contributed by atoms with van der Waals surface area (Å²) in [5.41, 5.74) is 8.53. The van der Waals surface area contributed by atoms with Crippen molar-refractivity contribution in [3.05, 3.63) is 51.9 Å². The molecule has 3 unspecified atom stereocenters. The van der Waals surface area contributed by atoms with Crippen LogP contribution in [0.15, 0.2) is 30.3 Å². The minimum absolute atomic E-state index is 0.302. The topological polar surface area (TPSA) is 82.6 Å². The summed E-state index contributed by atoms with van der Waals surface area (Å²) in [6, 6.07) is 13.3. The van der Waals surface area contributed by atoms with Crippen molar-refractivity contribution in [3.63, 3.8) is 0 Å². The number of hydrogen-bond donors (Lipinski definition) is 1. The summed E-state index contributed by atoms with van der Waals surface area (Å²) >= 11 is 1.16. The Morgan fingerprint density at radius 1 is 1.31 bits per heavy atom. The third-order valence-electron chi connectivity index (χ3n) is 6.10. The van der Waals surface area contributed by atoms with Crippen molar-refractivity contribution in [3.8, 4) is 6.07 Å². The van der Waals surface area contributed by atoms with Gasteiger partial charge in [-0.15, -0.1) is 11.3 Å². The molecule has 6 nitrogen and oxygen atoms in total.